The third kappa shape index (κ3) is 4.82. The summed E-state index contributed by atoms with van der Waals surface area (Å²) in [6.07, 6.45) is -2.73. The number of ether oxygens (including phenoxy) is 1. The van der Waals surface area contributed by atoms with Crippen LogP contribution in [0, 0.1) is 0 Å². The first-order valence-electron chi connectivity index (χ1n) is 9.51. The van der Waals surface area contributed by atoms with Gasteiger partial charge >= 0.3 is 6.36 Å². The van der Waals surface area contributed by atoms with Crippen LogP contribution in [0.15, 0.2) is 42.5 Å². The average molecular weight is 452 g/mol. The standard InChI is InChI=1S/C21H17ClF3N3O3/c22-13-4-1-3-12(9-13)10-14-5-2-8-28(14)20(30)18-19(29)27-16-7-6-15(11-17(16)26-18)31-21(23,24)25/h1,3-4,6-7,9,11,14H,2,5,8,10H2,(H,27,29). The molecule has 1 aliphatic rings. The van der Waals surface area contributed by atoms with Crippen molar-refractivity contribution in [1.29, 1.82) is 0 Å². The molecule has 0 radical (unpaired) electrons. The number of halogens is 4. The topological polar surface area (TPSA) is 75.5 Å². The summed E-state index contributed by atoms with van der Waals surface area (Å²) in [6.45, 7) is 0.473. The number of aromatic hydroxyl groups is 1. The van der Waals surface area contributed by atoms with Gasteiger partial charge in [-0.05, 0) is 49.1 Å². The number of fused-ring (bicyclic) bond motifs is 1. The van der Waals surface area contributed by atoms with Crippen molar-refractivity contribution in [1.82, 2.24) is 14.9 Å². The molecule has 1 aromatic heterocycles. The van der Waals surface area contributed by atoms with Gasteiger partial charge in [0.05, 0.1) is 11.0 Å². The lowest BCUT2D eigenvalue weighted by Gasteiger charge is -2.24. The van der Waals surface area contributed by atoms with Crippen molar-refractivity contribution in [2.45, 2.75) is 31.7 Å². The summed E-state index contributed by atoms with van der Waals surface area (Å²) in [5, 5.41) is 10.9. The summed E-state index contributed by atoms with van der Waals surface area (Å²) in [7, 11) is 0. The van der Waals surface area contributed by atoms with Gasteiger partial charge in [-0.2, -0.15) is 0 Å². The van der Waals surface area contributed by atoms with Crippen LogP contribution in [0.4, 0.5) is 13.2 Å². The van der Waals surface area contributed by atoms with Crippen molar-refractivity contribution in [2.75, 3.05) is 6.54 Å². The zero-order chi connectivity index (χ0) is 22.2. The quantitative estimate of drug-likeness (QED) is 0.620. The Hall–Kier alpha value is -3.07. The SMILES string of the molecule is O=C(c1nc2cc(OC(F)(F)F)ccc2nc1O)N1CCCC1Cc1cccc(Cl)c1. The number of carbonyl (C=O) groups is 1. The first-order valence-corrected chi connectivity index (χ1v) is 9.89. The van der Waals surface area contributed by atoms with E-state index in [1.807, 2.05) is 18.2 Å². The molecule has 6 nitrogen and oxygen atoms in total. The fourth-order valence-corrected chi connectivity index (χ4v) is 3.97. The summed E-state index contributed by atoms with van der Waals surface area (Å²) in [4.78, 5) is 22.7. The maximum absolute atomic E-state index is 13.1. The average Bonchev–Trinajstić information content (AvgIpc) is 3.14. The first kappa shape index (κ1) is 21.2. The molecule has 1 N–H and O–H groups in total. The Bertz CT molecular complexity index is 1140. The lowest BCUT2D eigenvalue weighted by molar-refractivity contribution is -0.274. The van der Waals surface area contributed by atoms with E-state index in [1.54, 1.807) is 11.0 Å². The van der Waals surface area contributed by atoms with Gasteiger partial charge in [-0.25, -0.2) is 9.97 Å². The zero-order valence-electron chi connectivity index (χ0n) is 16.1. The number of amides is 1. The molecule has 0 spiro atoms. The molecule has 1 unspecified atom stereocenters. The van der Waals surface area contributed by atoms with E-state index >= 15 is 0 Å². The lowest BCUT2D eigenvalue weighted by atomic mass is 10.0. The highest BCUT2D eigenvalue weighted by atomic mass is 35.5. The summed E-state index contributed by atoms with van der Waals surface area (Å²) in [5.41, 5.74) is 0.809. The normalized spacial score (nSPS) is 16.6. The second-order valence-electron chi connectivity index (χ2n) is 7.22. The molecule has 0 saturated carbocycles. The van der Waals surface area contributed by atoms with Crippen molar-refractivity contribution in [3.63, 3.8) is 0 Å². The predicted molar refractivity (Wildman–Crippen MR) is 107 cm³/mol. The fraction of sp³-hybridized carbons (Fsp3) is 0.286. The molecule has 4 rings (SSSR count). The minimum absolute atomic E-state index is 0.00786. The van der Waals surface area contributed by atoms with E-state index in [0.717, 1.165) is 30.5 Å². The molecule has 1 saturated heterocycles. The summed E-state index contributed by atoms with van der Waals surface area (Å²) >= 11 is 6.04. The van der Waals surface area contributed by atoms with Crippen molar-refractivity contribution in [2.24, 2.45) is 0 Å². The van der Waals surface area contributed by atoms with E-state index in [2.05, 4.69) is 14.7 Å². The Kier molecular flexibility index (Phi) is 5.62. The molecule has 162 valence electrons. The molecule has 1 aliphatic heterocycles. The minimum Gasteiger partial charge on any atom is -0.492 e. The fourth-order valence-electron chi connectivity index (χ4n) is 3.75. The van der Waals surface area contributed by atoms with Crippen LogP contribution in [0.5, 0.6) is 11.6 Å². The molecule has 1 fully saturated rings. The summed E-state index contributed by atoms with van der Waals surface area (Å²) in [6, 6.07) is 10.5. The van der Waals surface area contributed by atoms with Crippen LogP contribution in [0.3, 0.4) is 0 Å². The van der Waals surface area contributed by atoms with E-state index in [-0.39, 0.29) is 22.8 Å². The number of likely N-dealkylation sites (tertiary alicyclic amines) is 1. The summed E-state index contributed by atoms with van der Waals surface area (Å²) in [5.74, 6) is -1.59. The Morgan fingerprint density at radius 2 is 2.00 bits per heavy atom. The van der Waals surface area contributed by atoms with E-state index in [4.69, 9.17) is 11.6 Å². The van der Waals surface area contributed by atoms with Gasteiger partial charge in [-0.3, -0.25) is 4.79 Å². The van der Waals surface area contributed by atoms with Crippen LogP contribution < -0.4 is 4.74 Å². The predicted octanol–water partition coefficient (Wildman–Crippen LogP) is 4.73. The monoisotopic (exact) mass is 451 g/mol. The number of hydrogen-bond acceptors (Lipinski definition) is 5. The lowest BCUT2D eigenvalue weighted by Crippen LogP contribution is -2.37. The Balaban J connectivity index is 1.61. The second kappa shape index (κ2) is 8.22. The smallest absolute Gasteiger partial charge is 0.492 e. The van der Waals surface area contributed by atoms with E-state index in [9.17, 15) is 23.1 Å². The van der Waals surface area contributed by atoms with Gasteiger partial charge < -0.3 is 14.7 Å². The third-order valence-electron chi connectivity index (χ3n) is 5.05. The Labute approximate surface area is 180 Å². The number of nitrogens with zero attached hydrogens (tertiary/aromatic N) is 3. The van der Waals surface area contributed by atoms with E-state index in [0.29, 0.717) is 18.0 Å². The van der Waals surface area contributed by atoms with E-state index < -0.39 is 23.9 Å². The highest BCUT2D eigenvalue weighted by Gasteiger charge is 2.33. The maximum atomic E-state index is 13.1. The van der Waals surface area contributed by atoms with Crippen molar-refractivity contribution >= 4 is 28.5 Å². The van der Waals surface area contributed by atoms with Crippen LogP contribution in [0.25, 0.3) is 11.0 Å². The number of aromatic nitrogens is 2. The Morgan fingerprint density at radius 1 is 1.19 bits per heavy atom. The number of carbonyl (C=O) groups excluding carboxylic acids is 1. The van der Waals surface area contributed by atoms with Crippen molar-refractivity contribution in [3.05, 3.63) is 58.7 Å². The van der Waals surface area contributed by atoms with Gasteiger partial charge in [-0.1, -0.05) is 23.7 Å². The van der Waals surface area contributed by atoms with Gasteiger partial charge in [0.2, 0.25) is 5.88 Å². The highest BCUT2D eigenvalue weighted by molar-refractivity contribution is 6.30. The molecule has 2 heterocycles. The molecule has 2 aromatic carbocycles. The molecular formula is C21H17ClF3N3O3. The van der Waals surface area contributed by atoms with Gasteiger partial charge in [-0.15, -0.1) is 13.2 Å². The Morgan fingerprint density at radius 3 is 2.74 bits per heavy atom. The third-order valence-corrected chi connectivity index (χ3v) is 5.29. The largest absolute Gasteiger partial charge is 0.573 e. The number of rotatable bonds is 4. The molecular weight excluding hydrogens is 435 g/mol. The van der Waals surface area contributed by atoms with E-state index in [1.165, 1.54) is 6.07 Å². The maximum Gasteiger partial charge on any atom is 0.573 e. The molecule has 3 aromatic rings. The van der Waals surface area contributed by atoms with Crippen molar-refractivity contribution < 1.29 is 27.8 Å². The molecule has 31 heavy (non-hydrogen) atoms. The van der Waals surface area contributed by atoms with Gasteiger partial charge in [0.25, 0.3) is 5.91 Å². The number of hydrogen-bond donors (Lipinski definition) is 1. The second-order valence-corrected chi connectivity index (χ2v) is 7.66. The minimum atomic E-state index is -4.86. The van der Waals surface area contributed by atoms with Crippen molar-refractivity contribution in [3.8, 4) is 11.6 Å². The van der Waals surface area contributed by atoms with Crippen LogP contribution in [0.1, 0.15) is 28.9 Å². The van der Waals surface area contributed by atoms with Crippen LogP contribution in [0.2, 0.25) is 5.02 Å². The van der Waals surface area contributed by atoms with Gasteiger partial charge in [0.1, 0.15) is 5.75 Å². The zero-order valence-corrected chi connectivity index (χ0v) is 16.8. The molecule has 0 bridgehead atoms. The van der Waals surface area contributed by atoms with Crippen LogP contribution in [-0.2, 0) is 6.42 Å². The molecule has 10 heteroatoms. The van der Waals surface area contributed by atoms with Gasteiger partial charge in [0.15, 0.2) is 5.69 Å². The number of benzene rings is 2. The molecule has 0 aliphatic carbocycles. The molecule has 1 atom stereocenters. The van der Waals surface area contributed by atoms with Crippen LogP contribution in [-0.4, -0.2) is 44.8 Å². The molecule has 1 amide bonds. The highest BCUT2D eigenvalue weighted by Crippen LogP contribution is 2.29. The first-order chi connectivity index (χ1) is 14.7. The van der Waals surface area contributed by atoms with Gasteiger partial charge in [0, 0.05) is 23.7 Å². The number of alkyl halides is 3. The summed E-state index contributed by atoms with van der Waals surface area (Å²) < 4.78 is 41.4. The van der Waals surface area contributed by atoms with Crippen LogP contribution >= 0.6 is 11.6 Å².